The van der Waals surface area contributed by atoms with E-state index in [1.54, 1.807) is 6.20 Å². The molecule has 158 valence electrons. The van der Waals surface area contributed by atoms with Gasteiger partial charge in [-0.05, 0) is 49.4 Å². The number of hydrogen-bond donors (Lipinski definition) is 0. The molecule has 1 atom stereocenters. The van der Waals surface area contributed by atoms with Crippen molar-refractivity contribution in [1.82, 2.24) is 19.5 Å². The van der Waals surface area contributed by atoms with Gasteiger partial charge in [0.2, 0.25) is 0 Å². The first-order chi connectivity index (χ1) is 14.8. The largest absolute Gasteiger partial charge is 0.380 e. The normalized spacial score (nSPS) is 21.1. The van der Waals surface area contributed by atoms with Crippen molar-refractivity contribution in [3.8, 4) is 0 Å². The second kappa shape index (κ2) is 9.14. The summed E-state index contributed by atoms with van der Waals surface area (Å²) in [5, 5.41) is 4.72. The Morgan fingerprint density at radius 1 is 1.00 bits per heavy atom. The van der Waals surface area contributed by atoms with Crippen LogP contribution >= 0.6 is 0 Å². The second-order valence-electron chi connectivity index (χ2n) is 8.61. The minimum absolute atomic E-state index is 0.447. The summed E-state index contributed by atoms with van der Waals surface area (Å²) in [4.78, 5) is 9.43. The first-order valence-electron chi connectivity index (χ1n) is 11.3. The lowest BCUT2D eigenvalue weighted by Gasteiger charge is -2.32. The van der Waals surface area contributed by atoms with Gasteiger partial charge in [-0.3, -0.25) is 4.90 Å². The van der Waals surface area contributed by atoms with E-state index < -0.39 is 0 Å². The molecule has 6 nitrogen and oxygen atoms in total. The van der Waals surface area contributed by atoms with Gasteiger partial charge in [0, 0.05) is 56.7 Å². The summed E-state index contributed by atoms with van der Waals surface area (Å²) in [6.45, 7) is 6.98. The number of nitrogens with zero attached hydrogens (tertiary/aromatic N) is 5. The van der Waals surface area contributed by atoms with Crippen LogP contribution in [0.2, 0.25) is 0 Å². The van der Waals surface area contributed by atoms with E-state index in [9.17, 15) is 0 Å². The maximum Gasteiger partial charge on any atom is 0.153 e. The summed E-state index contributed by atoms with van der Waals surface area (Å²) >= 11 is 0. The Kier molecular flexibility index (Phi) is 5.95. The number of para-hydroxylation sites is 1. The number of imidazole rings is 1. The van der Waals surface area contributed by atoms with Gasteiger partial charge in [-0.2, -0.15) is 5.10 Å². The zero-order valence-corrected chi connectivity index (χ0v) is 17.6. The van der Waals surface area contributed by atoms with E-state index in [1.807, 2.05) is 16.8 Å². The van der Waals surface area contributed by atoms with E-state index in [2.05, 4.69) is 45.1 Å². The van der Waals surface area contributed by atoms with Crippen LogP contribution in [0, 0.1) is 5.92 Å². The fourth-order valence-electron chi connectivity index (χ4n) is 4.81. The predicted octanol–water partition coefficient (Wildman–Crippen LogP) is 3.41. The summed E-state index contributed by atoms with van der Waals surface area (Å²) in [7, 11) is 0. The van der Waals surface area contributed by atoms with Crippen LogP contribution in [-0.2, 0) is 17.7 Å². The molecule has 0 amide bonds. The molecule has 4 heterocycles. The Morgan fingerprint density at radius 2 is 1.90 bits per heavy atom. The molecule has 0 bridgehead atoms. The van der Waals surface area contributed by atoms with Crippen LogP contribution < -0.4 is 4.90 Å². The van der Waals surface area contributed by atoms with Crippen molar-refractivity contribution in [3.63, 3.8) is 0 Å². The van der Waals surface area contributed by atoms with Crippen molar-refractivity contribution in [1.29, 1.82) is 0 Å². The quantitative estimate of drug-likeness (QED) is 0.651. The van der Waals surface area contributed by atoms with E-state index in [4.69, 9.17) is 9.84 Å². The van der Waals surface area contributed by atoms with Crippen molar-refractivity contribution in [2.75, 3.05) is 44.3 Å². The van der Waals surface area contributed by atoms with Crippen LogP contribution in [0.3, 0.4) is 0 Å². The second-order valence-corrected chi connectivity index (χ2v) is 8.61. The number of piperidine rings is 1. The fourth-order valence-corrected chi connectivity index (χ4v) is 4.81. The molecule has 30 heavy (non-hydrogen) atoms. The molecular formula is C24H31N5O. The molecule has 0 aliphatic carbocycles. The third-order valence-electron chi connectivity index (χ3n) is 6.31. The molecule has 0 radical (unpaired) electrons. The van der Waals surface area contributed by atoms with Crippen LogP contribution in [-0.4, -0.2) is 58.9 Å². The number of fused-ring (bicyclic) bond motifs is 1. The maximum absolute atomic E-state index is 5.97. The number of rotatable bonds is 5. The van der Waals surface area contributed by atoms with Gasteiger partial charge in [0.15, 0.2) is 5.65 Å². The zero-order valence-electron chi connectivity index (χ0n) is 17.6. The number of aromatic nitrogens is 3. The topological polar surface area (TPSA) is 45.9 Å². The first-order valence-corrected chi connectivity index (χ1v) is 11.3. The Labute approximate surface area is 178 Å². The Balaban J connectivity index is 1.28. The van der Waals surface area contributed by atoms with Crippen LogP contribution in [0.15, 0.2) is 48.8 Å². The highest BCUT2D eigenvalue weighted by Crippen LogP contribution is 2.26. The van der Waals surface area contributed by atoms with Crippen molar-refractivity contribution in [2.24, 2.45) is 5.92 Å². The standard InChI is InChI=1S/C24H31N5O/c1-4-11-28(12-5-1)23-7-3-2-6-21(23)18-27-14-15-30-19-20(17-27)16-22-8-9-24-25-10-13-29(24)26-22/h2-3,6-10,13,20H,1,4-5,11-12,14-19H2/t20-/m1/s1. The molecule has 6 heteroatoms. The maximum atomic E-state index is 5.97. The number of ether oxygens (including phenoxy) is 1. The minimum atomic E-state index is 0.447. The van der Waals surface area contributed by atoms with Gasteiger partial charge in [-0.25, -0.2) is 9.50 Å². The smallest absolute Gasteiger partial charge is 0.153 e. The molecule has 2 aliphatic heterocycles. The summed E-state index contributed by atoms with van der Waals surface area (Å²) in [5.74, 6) is 0.447. The molecule has 1 aromatic carbocycles. The summed E-state index contributed by atoms with van der Waals surface area (Å²) in [6, 6.07) is 13.1. The van der Waals surface area contributed by atoms with Gasteiger partial charge in [0.05, 0.1) is 18.9 Å². The highest BCUT2D eigenvalue weighted by Gasteiger charge is 2.22. The van der Waals surface area contributed by atoms with Gasteiger partial charge in [0.25, 0.3) is 0 Å². The zero-order chi connectivity index (χ0) is 20.2. The van der Waals surface area contributed by atoms with Crippen LogP contribution in [0.4, 0.5) is 5.69 Å². The first kappa shape index (κ1) is 19.5. The highest BCUT2D eigenvalue weighted by atomic mass is 16.5. The Hall–Kier alpha value is -2.44. The van der Waals surface area contributed by atoms with Crippen molar-refractivity contribution < 1.29 is 4.74 Å². The van der Waals surface area contributed by atoms with E-state index in [0.717, 1.165) is 50.6 Å². The van der Waals surface area contributed by atoms with E-state index in [-0.39, 0.29) is 0 Å². The summed E-state index contributed by atoms with van der Waals surface area (Å²) < 4.78 is 7.83. The molecule has 2 aromatic heterocycles. The number of benzene rings is 1. The average Bonchev–Trinajstić information content (AvgIpc) is 3.14. The molecule has 2 saturated heterocycles. The van der Waals surface area contributed by atoms with Gasteiger partial charge >= 0.3 is 0 Å². The fraction of sp³-hybridized carbons (Fsp3) is 0.500. The average molecular weight is 406 g/mol. The van der Waals surface area contributed by atoms with Gasteiger partial charge in [0.1, 0.15) is 0 Å². The Bertz CT molecular complexity index is 965. The molecule has 2 fully saturated rings. The summed E-state index contributed by atoms with van der Waals surface area (Å²) in [6.07, 6.45) is 8.61. The SMILES string of the molecule is c1ccc(N2CCCCC2)c(CN2CCOC[C@H](Cc3ccc4nccn4n3)C2)c1. The Morgan fingerprint density at radius 3 is 2.83 bits per heavy atom. The number of hydrogen-bond acceptors (Lipinski definition) is 5. The molecular weight excluding hydrogens is 374 g/mol. The highest BCUT2D eigenvalue weighted by molar-refractivity contribution is 5.53. The minimum Gasteiger partial charge on any atom is -0.380 e. The molecule has 5 rings (SSSR count). The monoisotopic (exact) mass is 405 g/mol. The number of anilines is 1. The lowest BCUT2D eigenvalue weighted by atomic mass is 10.0. The molecule has 2 aliphatic rings. The molecule has 0 spiro atoms. The van der Waals surface area contributed by atoms with Gasteiger partial charge < -0.3 is 9.64 Å². The van der Waals surface area contributed by atoms with Crippen molar-refractivity contribution in [3.05, 3.63) is 60.0 Å². The van der Waals surface area contributed by atoms with Crippen LogP contribution in [0.5, 0.6) is 0 Å². The van der Waals surface area contributed by atoms with Crippen molar-refractivity contribution in [2.45, 2.75) is 32.2 Å². The molecule has 0 N–H and O–H groups in total. The van der Waals surface area contributed by atoms with E-state index in [0.29, 0.717) is 5.92 Å². The van der Waals surface area contributed by atoms with E-state index >= 15 is 0 Å². The van der Waals surface area contributed by atoms with Crippen LogP contribution in [0.1, 0.15) is 30.5 Å². The van der Waals surface area contributed by atoms with Gasteiger partial charge in [-0.1, -0.05) is 18.2 Å². The van der Waals surface area contributed by atoms with Crippen LogP contribution in [0.25, 0.3) is 5.65 Å². The lowest BCUT2D eigenvalue weighted by Crippen LogP contribution is -2.33. The third-order valence-corrected chi connectivity index (χ3v) is 6.31. The molecule has 3 aromatic rings. The summed E-state index contributed by atoms with van der Waals surface area (Å²) in [5.41, 5.74) is 4.86. The lowest BCUT2D eigenvalue weighted by molar-refractivity contribution is 0.121. The predicted molar refractivity (Wildman–Crippen MR) is 119 cm³/mol. The van der Waals surface area contributed by atoms with Gasteiger partial charge in [-0.15, -0.1) is 0 Å². The van der Waals surface area contributed by atoms with E-state index in [1.165, 1.54) is 43.6 Å². The third kappa shape index (κ3) is 4.50. The molecule has 0 saturated carbocycles. The molecule has 0 unspecified atom stereocenters. The van der Waals surface area contributed by atoms with Crippen molar-refractivity contribution >= 4 is 11.3 Å².